The molecule has 5 heteroatoms. The third kappa shape index (κ3) is 2.93. The van der Waals surface area contributed by atoms with E-state index in [1.807, 2.05) is 12.4 Å². The molecule has 0 aliphatic carbocycles. The Kier molecular flexibility index (Phi) is 4.18. The molecule has 3 aromatic heterocycles. The molecule has 0 bridgehead atoms. The molecule has 0 saturated heterocycles. The summed E-state index contributed by atoms with van der Waals surface area (Å²) >= 11 is 0. The smallest absolute Gasteiger partial charge is 0.143 e. The summed E-state index contributed by atoms with van der Waals surface area (Å²) in [5.41, 5.74) is 6.07. The van der Waals surface area contributed by atoms with Crippen molar-refractivity contribution in [3.05, 3.63) is 72.6 Å². The van der Waals surface area contributed by atoms with E-state index in [9.17, 15) is 0 Å². The summed E-state index contributed by atoms with van der Waals surface area (Å²) in [5.74, 6) is 2.37. The first kappa shape index (κ1) is 18.9. The summed E-state index contributed by atoms with van der Waals surface area (Å²) in [7, 11) is 0. The fraction of sp³-hybridized carbons (Fsp3) is 0.185. The van der Waals surface area contributed by atoms with Crippen molar-refractivity contribution in [3.8, 4) is 22.5 Å². The Morgan fingerprint density at radius 1 is 0.812 bits per heavy atom. The van der Waals surface area contributed by atoms with Crippen molar-refractivity contribution in [2.75, 3.05) is 0 Å². The molecule has 6 rings (SSSR count). The molecule has 0 radical (unpaired) electrons. The van der Waals surface area contributed by atoms with Gasteiger partial charge in [0.15, 0.2) is 0 Å². The highest BCUT2D eigenvalue weighted by Crippen LogP contribution is 2.37. The summed E-state index contributed by atoms with van der Waals surface area (Å²) in [4.78, 5) is 15.7. The minimum atomic E-state index is 0.375. The SMILES string of the molecule is CCc1ncc(-c2ccc3c(c2)oc2c4ccc(-c5cnc(C(C)C)[nH]5)cc4ccc32)[nH]1. The molecule has 0 saturated carbocycles. The van der Waals surface area contributed by atoms with E-state index in [1.165, 1.54) is 0 Å². The van der Waals surface area contributed by atoms with E-state index in [1.54, 1.807) is 0 Å². The lowest BCUT2D eigenvalue weighted by atomic mass is 10.0. The van der Waals surface area contributed by atoms with Crippen LogP contribution in [0.3, 0.4) is 0 Å². The average Bonchev–Trinajstić information content (AvgIpc) is 3.56. The van der Waals surface area contributed by atoms with Crippen molar-refractivity contribution >= 4 is 32.7 Å². The normalized spacial score (nSPS) is 12.0. The lowest BCUT2D eigenvalue weighted by Gasteiger charge is -2.03. The molecule has 6 aromatic rings. The molecule has 0 unspecified atom stereocenters. The van der Waals surface area contributed by atoms with Gasteiger partial charge in [0.25, 0.3) is 0 Å². The van der Waals surface area contributed by atoms with Gasteiger partial charge >= 0.3 is 0 Å². The first-order valence-electron chi connectivity index (χ1n) is 11.1. The van der Waals surface area contributed by atoms with Crippen molar-refractivity contribution in [1.29, 1.82) is 0 Å². The number of aromatic amines is 2. The third-order valence-electron chi connectivity index (χ3n) is 6.18. The number of furan rings is 1. The van der Waals surface area contributed by atoms with Gasteiger partial charge in [-0.1, -0.05) is 39.0 Å². The molecular weight excluding hydrogens is 396 g/mol. The standard InChI is InChI=1S/C27H24N4O/c1-4-25-28-13-22(30-25)18-7-9-20-21-10-5-16-11-17(23-14-29-27(31-23)15(2)3)6-8-19(16)26(21)32-24(20)12-18/h5-15H,4H2,1-3H3,(H,28,30)(H,29,31). The second-order valence-corrected chi connectivity index (χ2v) is 8.63. The van der Waals surface area contributed by atoms with Gasteiger partial charge in [0.05, 0.1) is 23.8 Å². The van der Waals surface area contributed by atoms with Crippen LogP contribution in [0.4, 0.5) is 0 Å². The predicted molar refractivity (Wildman–Crippen MR) is 130 cm³/mol. The van der Waals surface area contributed by atoms with Crippen LogP contribution >= 0.6 is 0 Å². The maximum absolute atomic E-state index is 6.39. The van der Waals surface area contributed by atoms with Gasteiger partial charge in [0.1, 0.15) is 22.8 Å². The summed E-state index contributed by atoms with van der Waals surface area (Å²) in [6.07, 6.45) is 4.69. The number of hydrogen-bond donors (Lipinski definition) is 2. The van der Waals surface area contributed by atoms with Crippen LogP contribution in [-0.2, 0) is 6.42 Å². The third-order valence-corrected chi connectivity index (χ3v) is 6.18. The molecule has 32 heavy (non-hydrogen) atoms. The average molecular weight is 421 g/mol. The van der Waals surface area contributed by atoms with E-state index < -0.39 is 0 Å². The summed E-state index contributed by atoms with van der Waals surface area (Å²) in [6.45, 7) is 6.38. The van der Waals surface area contributed by atoms with Gasteiger partial charge in [-0.05, 0) is 35.7 Å². The van der Waals surface area contributed by atoms with E-state index in [0.29, 0.717) is 5.92 Å². The van der Waals surface area contributed by atoms with E-state index in [2.05, 4.69) is 89.2 Å². The number of fused-ring (bicyclic) bond motifs is 5. The number of benzene rings is 3. The van der Waals surface area contributed by atoms with Gasteiger partial charge in [-0.3, -0.25) is 0 Å². The Morgan fingerprint density at radius 2 is 1.53 bits per heavy atom. The van der Waals surface area contributed by atoms with Crippen LogP contribution in [0.15, 0.2) is 65.3 Å². The predicted octanol–water partition coefficient (Wildman–Crippen LogP) is 7.21. The highest BCUT2D eigenvalue weighted by molar-refractivity contribution is 6.15. The molecule has 0 spiro atoms. The first-order valence-corrected chi connectivity index (χ1v) is 11.1. The highest BCUT2D eigenvalue weighted by atomic mass is 16.3. The molecule has 0 fully saturated rings. The molecule has 0 amide bonds. The van der Waals surface area contributed by atoms with Crippen molar-refractivity contribution in [2.24, 2.45) is 0 Å². The van der Waals surface area contributed by atoms with Crippen molar-refractivity contribution < 1.29 is 4.42 Å². The van der Waals surface area contributed by atoms with Gasteiger partial charge in [0, 0.05) is 39.6 Å². The maximum Gasteiger partial charge on any atom is 0.143 e. The molecule has 0 aliphatic heterocycles. The number of imidazole rings is 2. The zero-order valence-corrected chi connectivity index (χ0v) is 18.4. The van der Waals surface area contributed by atoms with Gasteiger partial charge in [0.2, 0.25) is 0 Å². The van der Waals surface area contributed by atoms with Gasteiger partial charge in [-0.15, -0.1) is 0 Å². The largest absolute Gasteiger partial charge is 0.455 e. The van der Waals surface area contributed by atoms with Crippen LogP contribution in [0.5, 0.6) is 0 Å². The van der Waals surface area contributed by atoms with Crippen molar-refractivity contribution in [1.82, 2.24) is 19.9 Å². The van der Waals surface area contributed by atoms with Crippen LogP contribution in [0, 0.1) is 0 Å². The van der Waals surface area contributed by atoms with Crippen molar-refractivity contribution in [3.63, 3.8) is 0 Å². The van der Waals surface area contributed by atoms with Gasteiger partial charge < -0.3 is 14.4 Å². The molecule has 3 heterocycles. The number of hydrogen-bond acceptors (Lipinski definition) is 3. The minimum Gasteiger partial charge on any atom is -0.455 e. The molecule has 2 N–H and O–H groups in total. The highest BCUT2D eigenvalue weighted by Gasteiger charge is 2.13. The Balaban J connectivity index is 1.47. The lowest BCUT2D eigenvalue weighted by molar-refractivity contribution is 0.673. The van der Waals surface area contributed by atoms with Crippen LogP contribution in [0.2, 0.25) is 0 Å². The minimum absolute atomic E-state index is 0.375. The molecule has 0 atom stereocenters. The monoisotopic (exact) mass is 420 g/mol. The molecule has 3 aromatic carbocycles. The number of nitrogens with one attached hydrogen (secondary N) is 2. The second kappa shape index (κ2) is 7.09. The summed E-state index contributed by atoms with van der Waals surface area (Å²) in [6, 6.07) is 17.2. The number of aromatic nitrogens is 4. The summed E-state index contributed by atoms with van der Waals surface area (Å²) in [5, 5.41) is 4.52. The molecule has 0 aliphatic rings. The second-order valence-electron chi connectivity index (χ2n) is 8.63. The van der Waals surface area contributed by atoms with Gasteiger partial charge in [-0.2, -0.15) is 0 Å². The van der Waals surface area contributed by atoms with Crippen LogP contribution in [0.25, 0.3) is 55.2 Å². The topological polar surface area (TPSA) is 70.5 Å². The summed E-state index contributed by atoms with van der Waals surface area (Å²) < 4.78 is 6.39. The van der Waals surface area contributed by atoms with E-state index in [0.717, 1.165) is 73.3 Å². The number of rotatable bonds is 4. The van der Waals surface area contributed by atoms with E-state index in [4.69, 9.17) is 4.42 Å². The lowest BCUT2D eigenvalue weighted by Crippen LogP contribution is -1.89. The molecule has 158 valence electrons. The number of nitrogens with zero attached hydrogens (tertiary/aromatic N) is 2. The molecular formula is C27H24N4O. The Hall–Kier alpha value is -3.86. The Morgan fingerprint density at radius 3 is 2.28 bits per heavy atom. The fourth-order valence-electron chi connectivity index (χ4n) is 4.36. The van der Waals surface area contributed by atoms with E-state index in [-0.39, 0.29) is 0 Å². The molecule has 5 nitrogen and oxygen atoms in total. The van der Waals surface area contributed by atoms with Crippen molar-refractivity contribution in [2.45, 2.75) is 33.1 Å². The van der Waals surface area contributed by atoms with E-state index >= 15 is 0 Å². The Labute approximate surface area is 185 Å². The quantitative estimate of drug-likeness (QED) is 0.317. The zero-order chi connectivity index (χ0) is 21.8. The maximum atomic E-state index is 6.39. The zero-order valence-electron chi connectivity index (χ0n) is 18.4. The number of aryl methyl sites for hydroxylation is 1. The van der Waals surface area contributed by atoms with Crippen LogP contribution < -0.4 is 0 Å². The van der Waals surface area contributed by atoms with Crippen LogP contribution in [-0.4, -0.2) is 19.9 Å². The van der Waals surface area contributed by atoms with Crippen LogP contribution in [0.1, 0.15) is 38.3 Å². The van der Waals surface area contributed by atoms with Gasteiger partial charge in [-0.25, -0.2) is 9.97 Å². The fourth-order valence-corrected chi connectivity index (χ4v) is 4.36. The Bertz CT molecular complexity index is 1600. The first-order chi connectivity index (χ1) is 15.6. The number of H-pyrrole nitrogens is 2.